The first kappa shape index (κ1) is 11.6. The van der Waals surface area contributed by atoms with E-state index in [4.69, 9.17) is 21.6 Å². The molecule has 4 nitrogen and oxygen atoms in total. The molecule has 80 valence electrons. The zero-order chi connectivity index (χ0) is 11.5. The van der Waals surface area contributed by atoms with E-state index >= 15 is 0 Å². The summed E-state index contributed by atoms with van der Waals surface area (Å²) in [7, 11) is 0. The Morgan fingerprint density at radius 3 is 2.94 bits per heavy atom. The number of aromatic nitrogens is 2. The number of ether oxygens (including phenoxy) is 1. The Bertz CT molecular complexity index is 549. The van der Waals surface area contributed by atoms with Gasteiger partial charge in [0.15, 0.2) is 5.15 Å². The van der Waals surface area contributed by atoms with E-state index in [1.165, 1.54) is 0 Å². The van der Waals surface area contributed by atoms with Gasteiger partial charge in [-0.2, -0.15) is 9.64 Å². The zero-order valence-electron chi connectivity index (χ0n) is 7.65. The molecule has 0 aliphatic carbocycles. The van der Waals surface area contributed by atoms with Gasteiger partial charge in [-0.3, -0.25) is 0 Å². The summed E-state index contributed by atoms with van der Waals surface area (Å²) in [6.07, 6.45) is 1.58. The number of hydrogen-bond donors (Lipinski definition) is 0. The number of nitrogens with zero attached hydrogens (tertiary/aromatic N) is 3. The highest BCUT2D eigenvalue weighted by Gasteiger charge is 2.13. The molecule has 16 heavy (non-hydrogen) atoms. The van der Waals surface area contributed by atoms with Crippen molar-refractivity contribution in [1.29, 1.82) is 5.26 Å². The summed E-state index contributed by atoms with van der Waals surface area (Å²) in [5.41, 5.74) is 0.255. The van der Waals surface area contributed by atoms with Gasteiger partial charge in [-0.1, -0.05) is 11.6 Å². The maximum Gasteiger partial charge on any atom is 0.219 e. The molecule has 0 saturated carbocycles. The first-order valence-electron chi connectivity index (χ1n) is 4.05. The number of pyridine rings is 1. The molecule has 0 bridgehead atoms. The molecule has 0 spiro atoms. The Morgan fingerprint density at radius 1 is 1.50 bits per heavy atom. The first-order chi connectivity index (χ1) is 7.70. The summed E-state index contributed by atoms with van der Waals surface area (Å²) in [6.45, 7) is 0. The number of rotatable bonds is 2. The summed E-state index contributed by atoms with van der Waals surface area (Å²) < 4.78 is 10.2. The second-order valence-corrected chi connectivity index (χ2v) is 4.87. The van der Waals surface area contributed by atoms with Gasteiger partial charge in [0.1, 0.15) is 21.1 Å². The molecular weight excluding hydrogens is 361 g/mol. The van der Waals surface area contributed by atoms with Crippen molar-refractivity contribution < 1.29 is 4.74 Å². The van der Waals surface area contributed by atoms with Crippen molar-refractivity contribution in [2.45, 2.75) is 0 Å². The summed E-state index contributed by atoms with van der Waals surface area (Å²) in [5, 5.41) is 9.40. The van der Waals surface area contributed by atoms with E-state index in [9.17, 15) is 0 Å². The van der Waals surface area contributed by atoms with Crippen LogP contribution in [0.3, 0.4) is 0 Å². The molecular formula is C9H3ClIN3OS. The van der Waals surface area contributed by atoms with Crippen molar-refractivity contribution in [1.82, 2.24) is 9.36 Å². The summed E-state index contributed by atoms with van der Waals surface area (Å²) >= 11 is 8.86. The summed E-state index contributed by atoms with van der Waals surface area (Å²) in [5.74, 6) is 0.553. The molecule has 0 aliphatic rings. The maximum atomic E-state index is 8.85. The zero-order valence-corrected chi connectivity index (χ0v) is 11.4. The van der Waals surface area contributed by atoms with E-state index in [0.29, 0.717) is 10.8 Å². The molecule has 0 aromatic carbocycles. The minimum atomic E-state index is 0.168. The third-order valence-electron chi connectivity index (χ3n) is 1.64. The molecule has 2 aromatic rings. The monoisotopic (exact) mass is 363 g/mol. The van der Waals surface area contributed by atoms with Crippen LogP contribution in [0.4, 0.5) is 0 Å². The van der Waals surface area contributed by atoms with Crippen LogP contribution in [0.25, 0.3) is 0 Å². The molecule has 7 heteroatoms. The van der Waals surface area contributed by atoms with Gasteiger partial charge in [0.2, 0.25) is 5.06 Å². The van der Waals surface area contributed by atoms with Crippen LogP contribution in [0, 0.1) is 15.0 Å². The molecule has 0 aliphatic heterocycles. The lowest BCUT2D eigenvalue weighted by molar-refractivity contribution is 0.492. The van der Waals surface area contributed by atoms with Crippen molar-refractivity contribution in [3.63, 3.8) is 0 Å². The molecule has 2 heterocycles. The lowest BCUT2D eigenvalue weighted by Crippen LogP contribution is -1.86. The topological polar surface area (TPSA) is 58.8 Å². The average molecular weight is 364 g/mol. The molecule has 2 aromatic heterocycles. The second kappa shape index (κ2) is 4.95. The van der Waals surface area contributed by atoms with Crippen LogP contribution in [0.1, 0.15) is 5.56 Å². The van der Waals surface area contributed by atoms with E-state index in [1.54, 1.807) is 12.3 Å². The SMILES string of the molecule is N#Cc1c(Cl)nsc1Oc1ccc(I)nc1. The fourth-order valence-corrected chi connectivity index (χ4v) is 2.18. The highest BCUT2D eigenvalue weighted by atomic mass is 127. The minimum absolute atomic E-state index is 0.168. The van der Waals surface area contributed by atoms with E-state index in [2.05, 4.69) is 31.9 Å². The minimum Gasteiger partial charge on any atom is -0.442 e. The Hall–Kier alpha value is -0.910. The third-order valence-corrected chi connectivity index (χ3v) is 3.38. The van der Waals surface area contributed by atoms with Crippen molar-refractivity contribution in [2.75, 3.05) is 0 Å². The number of halogens is 2. The van der Waals surface area contributed by atoms with Crippen LogP contribution in [0.5, 0.6) is 10.8 Å². The fourth-order valence-electron chi connectivity index (χ4n) is 0.948. The van der Waals surface area contributed by atoms with Crippen LogP contribution in [0.2, 0.25) is 5.15 Å². The standard InChI is InChI=1S/C9H3ClIN3OS/c10-8-6(3-12)9(16-14-8)15-5-1-2-7(11)13-4-5/h1-2,4H. The van der Waals surface area contributed by atoms with Crippen LogP contribution in [-0.2, 0) is 0 Å². The van der Waals surface area contributed by atoms with Crippen LogP contribution in [0.15, 0.2) is 18.3 Å². The predicted octanol–water partition coefficient (Wildman–Crippen LogP) is 3.46. The normalized spacial score (nSPS) is 9.81. The second-order valence-electron chi connectivity index (χ2n) is 2.67. The molecule has 0 unspecified atom stereocenters. The molecule has 0 fully saturated rings. The number of hydrogen-bond acceptors (Lipinski definition) is 5. The fraction of sp³-hybridized carbons (Fsp3) is 0. The van der Waals surface area contributed by atoms with E-state index in [0.717, 1.165) is 15.2 Å². The van der Waals surface area contributed by atoms with Gasteiger partial charge in [-0.25, -0.2) is 4.98 Å². The molecule has 0 N–H and O–H groups in total. The molecule has 0 saturated heterocycles. The maximum absolute atomic E-state index is 8.85. The summed E-state index contributed by atoms with van der Waals surface area (Å²) in [6, 6.07) is 5.52. The van der Waals surface area contributed by atoms with Gasteiger partial charge in [-0.05, 0) is 34.7 Å². The van der Waals surface area contributed by atoms with Gasteiger partial charge in [0.25, 0.3) is 0 Å². The lowest BCUT2D eigenvalue weighted by Gasteiger charge is -2.01. The smallest absolute Gasteiger partial charge is 0.219 e. The van der Waals surface area contributed by atoms with E-state index in [-0.39, 0.29) is 10.7 Å². The van der Waals surface area contributed by atoms with Gasteiger partial charge in [0.05, 0.1) is 6.20 Å². The highest BCUT2D eigenvalue weighted by Crippen LogP contribution is 2.33. The Kier molecular flexibility index (Phi) is 3.58. The summed E-state index contributed by atoms with van der Waals surface area (Å²) in [4.78, 5) is 4.07. The molecule has 0 radical (unpaired) electrons. The largest absolute Gasteiger partial charge is 0.442 e. The highest BCUT2D eigenvalue weighted by molar-refractivity contribution is 14.1. The van der Waals surface area contributed by atoms with Crippen molar-refractivity contribution in [3.8, 4) is 16.9 Å². The van der Waals surface area contributed by atoms with Gasteiger partial charge >= 0.3 is 0 Å². The van der Waals surface area contributed by atoms with Crippen LogP contribution >= 0.6 is 45.7 Å². The lowest BCUT2D eigenvalue weighted by atomic mass is 10.4. The van der Waals surface area contributed by atoms with Crippen molar-refractivity contribution >= 4 is 45.7 Å². The molecule has 0 amide bonds. The van der Waals surface area contributed by atoms with E-state index in [1.807, 2.05) is 12.1 Å². The molecule has 2 rings (SSSR count). The quantitative estimate of drug-likeness (QED) is 0.605. The van der Waals surface area contributed by atoms with Gasteiger partial charge in [-0.15, -0.1) is 0 Å². The van der Waals surface area contributed by atoms with Crippen molar-refractivity contribution in [2.24, 2.45) is 0 Å². The third kappa shape index (κ3) is 2.42. The van der Waals surface area contributed by atoms with Crippen LogP contribution in [-0.4, -0.2) is 9.36 Å². The van der Waals surface area contributed by atoms with Crippen LogP contribution < -0.4 is 4.74 Å². The van der Waals surface area contributed by atoms with Crippen molar-refractivity contribution in [3.05, 3.63) is 32.7 Å². The Labute approximate surface area is 114 Å². The Morgan fingerprint density at radius 2 is 2.31 bits per heavy atom. The molecule has 0 atom stereocenters. The average Bonchev–Trinajstić information content (AvgIpc) is 2.63. The first-order valence-corrected chi connectivity index (χ1v) is 6.28. The predicted molar refractivity (Wildman–Crippen MR) is 68.9 cm³/mol. The number of nitriles is 1. The van der Waals surface area contributed by atoms with Gasteiger partial charge < -0.3 is 4.74 Å². The van der Waals surface area contributed by atoms with E-state index < -0.39 is 0 Å². The van der Waals surface area contributed by atoms with Gasteiger partial charge in [0, 0.05) is 11.5 Å². The Balaban J connectivity index is 2.27.